The molecule has 15 heavy (non-hydrogen) atoms. The molecule has 5 heteroatoms. The Morgan fingerprint density at radius 3 is 3.07 bits per heavy atom. The van der Waals surface area contributed by atoms with Crippen molar-refractivity contribution in [2.24, 2.45) is 5.92 Å². The van der Waals surface area contributed by atoms with Gasteiger partial charge in [-0.25, -0.2) is 4.79 Å². The van der Waals surface area contributed by atoms with Gasteiger partial charge in [-0.3, -0.25) is 9.69 Å². The number of hydrogen-bond acceptors (Lipinski definition) is 3. The molecule has 1 fully saturated rings. The number of thioether (sulfide) groups is 1. The van der Waals surface area contributed by atoms with Crippen molar-refractivity contribution in [3.05, 3.63) is 23.9 Å². The molecular formula is C10H11NO3S. The van der Waals surface area contributed by atoms with Crippen LogP contribution in [0.4, 0.5) is 0 Å². The minimum Gasteiger partial charge on any atom is -0.477 e. The van der Waals surface area contributed by atoms with Crippen LogP contribution in [-0.2, 0) is 9.59 Å². The lowest BCUT2D eigenvalue weighted by atomic mass is 9.96. The van der Waals surface area contributed by atoms with Crippen molar-refractivity contribution < 1.29 is 14.7 Å². The van der Waals surface area contributed by atoms with Crippen molar-refractivity contribution in [2.45, 2.75) is 12.3 Å². The summed E-state index contributed by atoms with van der Waals surface area (Å²) >= 11 is 1.60. The van der Waals surface area contributed by atoms with Crippen LogP contribution in [0.5, 0.6) is 0 Å². The van der Waals surface area contributed by atoms with E-state index in [1.54, 1.807) is 17.8 Å². The molecular weight excluding hydrogens is 214 g/mol. The summed E-state index contributed by atoms with van der Waals surface area (Å²) in [6.45, 7) is 1.86. The normalized spacial score (nSPS) is 29.8. The van der Waals surface area contributed by atoms with Crippen molar-refractivity contribution in [3.63, 3.8) is 0 Å². The summed E-state index contributed by atoms with van der Waals surface area (Å²) < 4.78 is 0. The van der Waals surface area contributed by atoms with Crippen LogP contribution in [0.25, 0.3) is 0 Å². The van der Waals surface area contributed by atoms with Crippen LogP contribution in [0.15, 0.2) is 23.9 Å². The number of fused-ring (bicyclic) bond motifs is 1. The first-order valence-corrected chi connectivity index (χ1v) is 5.72. The molecule has 1 N–H and O–H groups in total. The van der Waals surface area contributed by atoms with Gasteiger partial charge in [-0.2, -0.15) is 0 Å². The molecule has 2 atom stereocenters. The predicted octanol–water partition coefficient (Wildman–Crippen LogP) is 1.06. The molecule has 0 bridgehead atoms. The maximum atomic E-state index is 11.7. The number of β-lactam (4-membered cyclic amide) rings is 1. The van der Waals surface area contributed by atoms with E-state index in [0.717, 1.165) is 0 Å². The lowest BCUT2D eigenvalue weighted by molar-refractivity contribution is -0.149. The highest BCUT2D eigenvalue weighted by Gasteiger charge is 2.50. The van der Waals surface area contributed by atoms with Gasteiger partial charge in [0.15, 0.2) is 0 Å². The Morgan fingerprint density at radius 1 is 1.73 bits per heavy atom. The van der Waals surface area contributed by atoms with Gasteiger partial charge in [0.25, 0.3) is 0 Å². The third kappa shape index (κ3) is 1.47. The first kappa shape index (κ1) is 10.3. The number of allylic oxidation sites excluding steroid dienone is 1. The molecule has 80 valence electrons. The number of amides is 1. The lowest BCUT2D eigenvalue weighted by Crippen LogP contribution is -2.60. The zero-order valence-electron chi connectivity index (χ0n) is 8.21. The van der Waals surface area contributed by atoms with Gasteiger partial charge in [-0.05, 0) is 13.0 Å². The molecule has 2 aliphatic rings. The zero-order chi connectivity index (χ0) is 11.0. The minimum absolute atomic E-state index is 0.0233. The van der Waals surface area contributed by atoms with Gasteiger partial charge < -0.3 is 5.11 Å². The smallest absolute Gasteiger partial charge is 0.352 e. The van der Waals surface area contributed by atoms with Crippen LogP contribution in [0.1, 0.15) is 6.92 Å². The van der Waals surface area contributed by atoms with Gasteiger partial charge in [0.05, 0.1) is 11.3 Å². The van der Waals surface area contributed by atoms with E-state index in [2.05, 4.69) is 0 Å². The Labute approximate surface area is 91.6 Å². The Kier molecular flexibility index (Phi) is 2.56. The van der Waals surface area contributed by atoms with Crippen molar-refractivity contribution in [3.8, 4) is 0 Å². The molecule has 1 amide bonds. The quantitative estimate of drug-likeness (QED) is 0.564. The van der Waals surface area contributed by atoms with Crippen LogP contribution in [0, 0.1) is 5.92 Å². The van der Waals surface area contributed by atoms with Gasteiger partial charge in [0.2, 0.25) is 5.91 Å². The van der Waals surface area contributed by atoms with E-state index in [-0.39, 0.29) is 22.9 Å². The highest BCUT2D eigenvalue weighted by molar-refractivity contribution is 8.00. The number of carbonyl (C=O) groups is 2. The molecule has 4 nitrogen and oxygen atoms in total. The molecule has 2 rings (SSSR count). The summed E-state index contributed by atoms with van der Waals surface area (Å²) in [4.78, 5) is 23.9. The summed E-state index contributed by atoms with van der Waals surface area (Å²) in [6.07, 6.45) is 5.26. The van der Waals surface area contributed by atoms with E-state index >= 15 is 0 Å². The second kappa shape index (κ2) is 3.73. The Hall–Kier alpha value is -1.23. The minimum atomic E-state index is -1.02. The molecule has 0 aromatic rings. The van der Waals surface area contributed by atoms with Gasteiger partial charge in [-0.1, -0.05) is 12.2 Å². The molecule has 1 saturated heterocycles. The second-order valence-corrected chi connectivity index (χ2v) is 4.53. The van der Waals surface area contributed by atoms with Crippen molar-refractivity contribution in [1.29, 1.82) is 0 Å². The largest absolute Gasteiger partial charge is 0.477 e. The lowest BCUT2D eigenvalue weighted by Gasteiger charge is -2.47. The summed E-state index contributed by atoms with van der Waals surface area (Å²) in [5.74, 6) is -0.626. The third-order valence-electron chi connectivity index (χ3n) is 2.51. The first-order valence-electron chi connectivity index (χ1n) is 4.67. The molecule has 2 heterocycles. The number of carboxylic acid groups (broad SMARTS) is 1. The maximum Gasteiger partial charge on any atom is 0.352 e. The van der Waals surface area contributed by atoms with E-state index in [9.17, 15) is 9.59 Å². The number of aliphatic carboxylic acids is 1. The van der Waals surface area contributed by atoms with Crippen LogP contribution in [0.2, 0.25) is 0 Å². The van der Waals surface area contributed by atoms with E-state index in [4.69, 9.17) is 5.11 Å². The van der Waals surface area contributed by atoms with Crippen molar-refractivity contribution >= 4 is 23.6 Å². The van der Waals surface area contributed by atoms with Gasteiger partial charge in [0, 0.05) is 5.75 Å². The fourth-order valence-electron chi connectivity index (χ4n) is 1.82. The molecule has 0 aliphatic carbocycles. The molecule has 0 saturated carbocycles. The average Bonchev–Trinajstić information content (AvgIpc) is 2.24. The van der Waals surface area contributed by atoms with Crippen LogP contribution >= 0.6 is 11.8 Å². The van der Waals surface area contributed by atoms with E-state index < -0.39 is 5.97 Å². The Bertz CT molecular complexity index is 375. The Balaban J connectivity index is 2.22. The highest BCUT2D eigenvalue weighted by Crippen LogP contribution is 2.41. The first-order chi connectivity index (χ1) is 7.16. The number of carboxylic acids is 1. The van der Waals surface area contributed by atoms with Crippen LogP contribution in [-0.4, -0.2) is 33.0 Å². The van der Waals surface area contributed by atoms with E-state index in [1.807, 2.05) is 19.1 Å². The van der Waals surface area contributed by atoms with Gasteiger partial charge in [-0.15, -0.1) is 11.8 Å². The SMILES string of the molecule is C/C=C\C1C(=O)N2C(C(=O)O)=CCS[C@@H]12. The monoisotopic (exact) mass is 225 g/mol. The molecule has 1 unspecified atom stereocenters. The molecule has 0 radical (unpaired) electrons. The summed E-state index contributed by atoms with van der Waals surface area (Å²) in [6, 6.07) is 0. The average molecular weight is 225 g/mol. The standard InChI is InChI=1S/C10H11NO3S/c1-2-3-6-8(12)11-7(10(13)14)4-5-15-9(6)11/h2-4,6,9H,5H2,1H3,(H,13,14)/b3-2-/t6?,9-/m0/s1. The maximum absolute atomic E-state index is 11.7. The summed E-state index contributed by atoms with van der Waals surface area (Å²) in [7, 11) is 0. The highest BCUT2D eigenvalue weighted by atomic mass is 32.2. The second-order valence-electron chi connectivity index (χ2n) is 3.38. The molecule has 0 aromatic carbocycles. The zero-order valence-corrected chi connectivity index (χ0v) is 9.03. The van der Waals surface area contributed by atoms with Gasteiger partial charge in [0.1, 0.15) is 5.70 Å². The van der Waals surface area contributed by atoms with Crippen molar-refractivity contribution in [1.82, 2.24) is 4.90 Å². The molecule has 0 spiro atoms. The van der Waals surface area contributed by atoms with E-state index in [1.165, 1.54) is 4.90 Å². The fourth-order valence-corrected chi connectivity index (χ4v) is 3.05. The summed E-state index contributed by atoms with van der Waals surface area (Å²) in [5.41, 5.74) is 0.129. The molecule has 2 aliphatic heterocycles. The van der Waals surface area contributed by atoms with Crippen LogP contribution in [0.3, 0.4) is 0 Å². The number of carbonyl (C=O) groups excluding carboxylic acids is 1. The predicted molar refractivity (Wildman–Crippen MR) is 57.1 cm³/mol. The van der Waals surface area contributed by atoms with Crippen LogP contribution < -0.4 is 0 Å². The Morgan fingerprint density at radius 2 is 2.47 bits per heavy atom. The third-order valence-corrected chi connectivity index (χ3v) is 3.71. The number of hydrogen-bond donors (Lipinski definition) is 1. The number of nitrogens with zero attached hydrogens (tertiary/aromatic N) is 1. The van der Waals surface area contributed by atoms with Crippen molar-refractivity contribution in [2.75, 3.05) is 5.75 Å². The van der Waals surface area contributed by atoms with E-state index in [0.29, 0.717) is 5.75 Å². The van der Waals surface area contributed by atoms with Gasteiger partial charge >= 0.3 is 5.97 Å². The molecule has 0 aromatic heterocycles. The summed E-state index contributed by atoms with van der Waals surface area (Å²) in [5, 5.41) is 8.88. The topological polar surface area (TPSA) is 57.6 Å². The fraction of sp³-hybridized carbons (Fsp3) is 0.400. The number of rotatable bonds is 2.